The van der Waals surface area contributed by atoms with E-state index in [1.54, 1.807) is 12.1 Å². The van der Waals surface area contributed by atoms with Gasteiger partial charge in [0.2, 0.25) is 5.91 Å². The van der Waals surface area contributed by atoms with E-state index in [0.717, 1.165) is 11.3 Å². The van der Waals surface area contributed by atoms with Crippen LogP contribution in [0.1, 0.15) is 17.1 Å². The highest BCUT2D eigenvalue weighted by atomic mass is 19.1. The second-order valence-electron chi connectivity index (χ2n) is 5.25. The van der Waals surface area contributed by atoms with Crippen LogP contribution in [0, 0.1) is 25.6 Å². The van der Waals surface area contributed by atoms with Crippen LogP contribution in [-0.4, -0.2) is 22.4 Å². The molecule has 0 radical (unpaired) electrons. The van der Waals surface area contributed by atoms with Crippen molar-refractivity contribution in [3.05, 3.63) is 53.2 Å². The van der Waals surface area contributed by atoms with Crippen molar-refractivity contribution in [2.24, 2.45) is 11.7 Å². The maximum absolute atomic E-state index is 12.9. The number of carbonyl (C=O) groups is 1. The van der Waals surface area contributed by atoms with Gasteiger partial charge in [0.1, 0.15) is 17.5 Å². The van der Waals surface area contributed by atoms with Gasteiger partial charge in [-0.05, 0) is 38.0 Å². The summed E-state index contributed by atoms with van der Waals surface area (Å²) >= 11 is 0. The van der Waals surface area contributed by atoms with Gasteiger partial charge in [-0.25, -0.2) is 14.4 Å². The predicted octanol–water partition coefficient (Wildman–Crippen LogP) is 1.99. The quantitative estimate of drug-likeness (QED) is 0.855. The molecule has 0 aliphatic rings. The molecule has 0 spiro atoms. The summed E-state index contributed by atoms with van der Waals surface area (Å²) < 4.78 is 12.9. The number of hydrogen-bond acceptors (Lipinski definition) is 4. The summed E-state index contributed by atoms with van der Waals surface area (Å²) in [5.41, 5.74) is 7.17. The number of nitrogens with one attached hydrogen (secondary N) is 1. The Bertz CT molecular complexity index is 637. The van der Waals surface area contributed by atoms with Crippen molar-refractivity contribution in [1.82, 2.24) is 9.97 Å². The van der Waals surface area contributed by atoms with Gasteiger partial charge in [-0.2, -0.15) is 0 Å². The molecule has 0 bridgehead atoms. The molecule has 0 aliphatic heterocycles. The molecule has 0 aliphatic carbocycles. The Morgan fingerprint density at radius 2 is 1.95 bits per heavy atom. The number of aryl methyl sites for hydroxylation is 2. The summed E-state index contributed by atoms with van der Waals surface area (Å²) in [4.78, 5) is 20.1. The van der Waals surface area contributed by atoms with Gasteiger partial charge in [-0.15, -0.1) is 0 Å². The van der Waals surface area contributed by atoms with Crippen molar-refractivity contribution in [3.63, 3.8) is 0 Å². The van der Waals surface area contributed by atoms with E-state index < -0.39 is 11.8 Å². The third kappa shape index (κ3) is 4.51. The molecule has 1 aromatic carbocycles. The fourth-order valence-corrected chi connectivity index (χ4v) is 2.21. The van der Waals surface area contributed by atoms with Gasteiger partial charge in [-0.3, -0.25) is 4.79 Å². The van der Waals surface area contributed by atoms with E-state index >= 15 is 0 Å². The zero-order chi connectivity index (χ0) is 16.1. The first-order chi connectivity index (χ1) is 10.4. The lowest BCUT2D eigenvalue weighted by Crippen LogP contribution is -2.31. The molecular weight excluding hydrogens is 283 g/mol. The summed E-state index contributed by atoms with van der Waals surface area (Å²) in [6, 6.07) is 7.87. The zero-order valence-corrected chi connectivity index (χ0v) is 12.6. The standard InChI is InChI=1S/C16H19FN4O/c1-10-7-15(21-11(2)20-10)19-9-13(16(18)22)8-12-3-5-14(17)6-4-12/h3-7,13H,8-9H2,1-2H3,(H2,18,22)(H,19,20,21). The molecule has 1 unspecified atom stereocenters. The lowest BCUT2D eigenvalue weighted by Gasteiger charge is -2.15. The monoisotopic (exact) mass is 302 g/mol. The van der Waals surface area contributed by atoms with Gasteiger partial charge in [0.05, 0.1) is 5.92 Å². The smallest absolute Gasteiger partial charge is 0.222 e. The topological polar surface area (TPSA) is 80.9 Å². The fraction of sp³-hybridized carbons (Fsp3) is 0.312. The Kier molecular flexibility index (Phi) is 5.04. The number of benzene rings is 1. The van der Waals surface area contributed by atoms with Gasteiger partial charge in [0, 0.05) is 18.3 Å². The lowest BCUT2D eigenvalue weighted by atomic mass is 9.98. The van der Waals surface area contributed by atoms with Crippen molar-refractivity contribution >= 4 is 11.7 Å². The van der Waals surface area contributed by atoms with Crippen LogP contribution in [0.3, 0.4) is 0 Å². The largest absolute Gasteiger partial charge is 0.369 e. The number of halogens is 1. The molecule has 3 N–H and O–H groups in total. The van der Waals surface area contributed by atoms with Gasteiger partial charge < -0.3 is 11.1 Å². The highest BCUT2D eigenvalue weighted by molar-refractivity contribution is 5.77. The predicted molar refractivity (Wildman–Crippen MR) is 82.8 cm³/mol. The normalized spacial score (nSPS) is 12.0. The minimum Gasteiger partial charge on any atom is -0.369 e. The van der Waals surface area contributed by atoms with Gasteiger partial charge >= 0.3 is 0 Å². The second-order valence-corrected chi connectivity index (χ2v) is 5.25. The van der Waals surface area contributed by atoms with E-state index in [4.69, 9.17) is 5.73 Å². The van der Waals surface area contributed by atoms with Gasteiger partial charge in [0.25, 0.3) is 0 Å². The molecule has 5 nitrogen and oxygen atoms in total. The van der Waals surface area contributed by atoms with E-state index in [1.165, 1.54) is 12.1 Å². The summed E-state index contributed by atoms with van der Waals surface area (Å²) in [7, 11) is 0. The molecule has 1 amide bonds. The van der Waals surface area contributed by atoms with E-state index in [0.29, 0.717) is 24.6 Å². The molecule has 116 valence electrons. The van der Waals surface area contributed by atoms with Crippen molar-refractivity contribution in [1.29, 1.82) is 0 Å². The maximum Gasteiger partial charge on any atom is 0.222 e. The number of amides is 1. The number of rotatable bonds is 6. The maximum atomic E-state index is 12.9. The Morgan fingerprint density at radius 3 is 2.55 bits per heavy atom. The average Bonchev–Trinajstić information content (AvgIpc) is 2.44. The number of aromatic nitrogens is 2. The lowest BCUT2D eigenvalue weighted by molar-refractivity contribution is -0.121. The summed E-state index contributed by atoms with van der Waals surface area (Å²) in [5, 5.41) is 3.11. The van der Waals surface area contributed by atoms with E-state index in [1.807, 2.05) is 19.9 Å². The van der Waals surface area contributed by atoms with Gasteiger partial charge in [-0.1, -0.05) is 12.1 Å². The number of anilines is 1. The highest BCUT2D eigenvalue weighted by Gasteiger charge is 2.16. The molecule has 2 rings (SSSR count). The molecule has 22 heavy (non-hydrogen) atoms. The average molecular weight is 302 g/mol. The van der Waals surface area contributed by atoms with Crippen molar-refractivity contribution in [2.45, 2.75) is 20.3 Å². The van der Waals surface area contributed by atoms with Crippen molar-refractivity contribution in [2.75, 3.05) is 11.9 Å². The summed E-state index contributed by atoms with van der Waals surface area (Å²) in [5.74, 6) is 0.219. The number of carbonyl (C=O) groups excluding carboxylic acids is 1. The van der Waals surface area contributed by atoms with Crippen LogP contribution in [-0.2, 0) is 11.2 Å². The Balaban J connectivity index is 2.02. The summed E-state index contributed by atoms with van der Waals surface area (Å²) in [6.07, 6.45) is 0.450. The Labute approximate surface area is 128 Å². The van der Waals surface area contributed by atoms with Crippen LogP contribution in [0.15, 0.2) is 30.3 Å². The third-order valence-electron chi connectivity index (χ3n) is 3.29. The van der Waals surface area contributed by atoms with Crippen LogP contribution in [0.2, 0.25) is 0 Å². The second kappa shape index (κ2) is 6.98. The SMILES string of the molecule is Cc1cc(NCC(Cc2ccc(F)cc2)C(N)=O)nc(C)n1. The van der Waals surface area contributed by atoms with Crippen LogP contribution in [0.5, 0.6) is 0 Å². The van der Waals surface area contributed by atoms with Crippen LogP contribution >= 0.6 is 0 Å². The number of primary amides is 1. The van der Waals surface area contributed by atoms with Crippen LogP contribution in [0.4, 0.5) is 10.2 Å². The fourth-order valence-electron chi connectivity index (χ4n) is 2.21. The Hall–Kier alpha value is -2.50. The molecular formula is C16H19FN4O. The van der Waals surface area contributed by atoms with Crippen LogP contribution < -0.4 is 11.1 Å². The van der Waals surface area contributed by atoms with Crippen molar-refractivity contribution < 1.29 is 9.18 Å². The summed E-state index contributed by atoms with van der Waals surface area (Å²) in [6.45, 7) is 4.05. The molecule has 0 fully saturated rings. The molecule has 0 saturated carbocycles. The first-order valence-corrected chi connectivity index (χ1v) is 7.04. The van der Waals surface area contributed by atoms with E-state index in [9.17, 15) is 9.18 Å². The molecule has 1 aromatic heterocycles. The molecule has 1 atom stereocenters. The van der Waals surface area contributed by atoms with Crippen LogP contribution in [0.25, 0.3) is 0 Å². The molecule has 6 heteroatoms. The van der Waals surface area contributed by atoms with Crippen molar-refractivity contribution in [3.8, 4) is 0 Å². The van der Waals surface area contributed by atoms with Gasteiger partial charge in [0.15, 0.2) is 0 Å². The zero-order valence-electron chi connectivity index (χ0n) is 12.6. The minimum absolute atomic E-state index is 0.301. The molecule has 0 saturated heterocycles. The Morgan fingerprint density at radius 1 is 1.27 bits per heavy atom. The van der Waals surface area contributed by atoms with E-state index in [2.05, 4.69) is 15.3 Å². The number of nitrogens with zero attached hydrogens (tertiary/aromatic N) is 2. The molecule has 1 heterocycles. The molecule has 2 aromatic rings. The first kappa shape index (κ1) is 15.9. The number of hydrogen-bond donors (Lipinski definition) is 2. The number of nitrogens with two attached hydrogens (primary N) is 1. The van der Waals surface area contributed by atoms with E-state index in [-0.39, 0.29) is 5.82 Å². The highest BCUT2D eigenvalue weighted by Crippen LogP contribution is 2.12. The third-order valence-corrected chi connectivity index (χ3v) is 3.29. The minimum atomic E-state index is -0.403. The first-order valence-electron chi connectivity index (χ1n) is 7.04.